The first-order valence-corrected chi connectivity index (χ1v) is 10.6. The number of aromatic nitrogens is 2. The molecule has 0 unspecified atom stereocenters. The highest BCUT2D eigenvalue weighted by molar-refractivity contribution is 5.77. The van der Waals surface area contributed by atoms with Crippen LogP contribution in [0.2, 0.25) is 0 Å². The van der Waals surface area contributed by atoms with Crippen LogP contribution in [0.4, 0.5) is 4.39 Å². The molecule has 0 radical (unpaired) electrons. The second kappa shape index (κ2) is 9.39. The molecule has 1 aliphatic rings. The van der Waals surface area contributed by atoms with Crippen LogP contribution in [-0.4, -0.2) is 40.7 Å². The lowest BCUT2D eigenvalue weighted by Crippen LogP contribution is -2.46. The average molecular weight is 423 g/mol. The third kappa shape index (κ3) is 4.99. The number of rotatable bonds is 7. The molecule has 3 aromatic rings. The number of ether oxygens (including phenoxy) is 1. The molecule has 162 valence electrons. The maximum atomic E-state index is 13.2. The van der Waals surface area contributed by atoms with Gasteiger partial charge in [-0.25, -0.2) is 4.39 Å². The van der Waals surface area contributed by atoms with Gasteiger partial charge in [0.2, 0.25) is 0 Å². The molecule has 1 saturated heterocycles. The maximum absolute atomic E-state index is 13.2. The van der Waals surface area contributed by atoms with Crippen molar-refractivity contribution in [2.24, 2.45) is 5.41 Å². The van der Waals surface area contributed by atoms with Gasteiger partial charge in [-0.15, -0.1) is 0 Å². The van der Waals surface area contributed by atoms with Gasteiger partial charge in [0.15, 0.2) is 0 Å². The Balaban J connectivity index is 1.47. The lowest BCUT2D eigenvalue weighted by Gasteiger charge is -2.39. The van der Waals surface area contributed by atoms with E-state index in [1.54, 1.807) is 24.5 Å². The summed E-state index contributed by atoms with van der Waals surface area (Å²) >= 11 is 0. The van der Waals surface area contributed by atoms with Gasteiger partial charge in [0.05, 0.1) is 12.0 Å². The number of likely N-dealkylation sites (tertiary alicyclic amines) is 1. The van der Waals surface area contributed by atoms with Gasteiger partial charge in [0, 0.05) is 37.0 Å². The molecule has 0 bridgehead atoms. The highest BCUT2D eigenvalue weighted by atomic mass is 19.1. The van der Waals surface area contributed by atoms with Crippen LogP contribution in [0.3, 0.4) is 0 Å². The van der Waals surface area contributed by atoms with E-state index in [-0.39, 0.29) is 11.8 Å². The molecule has 0 saturated carbocycles. The van der Waals surface area contributed by atoms with E-state index in [9.17, 15) is 9.18 Å². The van der Waals surface area contributed by atoms with Crippen molar-refractivity contribution in [1.29, 1.82) is 0 Å². The Morgan fingerprint density at radius 2 is 1.87 bits per heavy atom. The van der Waals surface area contributed by atoms with Crippen LogP contribution in [-0.2, 0) is 22.5 Å². The summed E-state index contributed by atoms with van der Waals surface area (Å²) in [5.74, 6) is 0.153. The van der Waals surface area contributed by atoms with Crippen LogP contribution < -0.4 is 0 Å². The smallest absolute Gasteiger partial charge is 0.312 e. The molecule has 6 nitrogen and oxygen atoms in total. The van der Waals surface area contributed by atoms with Gasteiger partial charge in [-0.3, -0.25) is 14.7 Å². The molecule has 1 aromatic carbocycles. The Labute approximate surface area is 181 Å². The molecule has 7 heteroatoms. The lowest BCUT2D eigenvalue weighted by atomic mass is 9.74. The Hall–Kier alpha value is -3.06. The fraction of sp³-hybridized carbons (Fsp3) is 0.375. The quantitative estimate of drug-likeness (QED) is 0.529. The number of hydrogen-bond acceptors (Lipinski definition) is 6. The Morgan fingerprint density at radius 1 is 1.16 bits per heavy atom. The summed E-state index contributed by atoms with van der Waals surface area (Å²) < 4.78 is 24.2. The molecule has 4 rings (SSSR count). The number of hydrogen-bond donors (Lipinski definition) is 0. The largest absolute Gasteiger partial charge is 0.466 e. The average Bonchev–Trinajstić information content (AvgIpc) is 3.25. The highest BCUT2D eigenvalue weighted by Crippen LogP contribution is 2.38. The van der Waals surface area contributed by atoms with Crippen LogP contribution in [0.5, 0.6) is 0 Å². The normalized spacial score (nSPS) is 16.2. The van der Waals surface area contributed by atoms with Gasteiger partial charge in [0.1, 0.15) is 17.3 Å². The van der Waals surface area contributed by atoms with Crippen molar-refractivity contribution < 1.29 is 18.4 Å². The second-order valence-electron chi connectivity index (χ2n) is 7.99. The van der Waals surface area contributed by atoms with E-state index in [0.29, 0.717) is 37.3 Å². The van der Waals surface area contributed by atoms with E-state index in [1.165, 1.54) is 17.7 Å². The van der Waals surface area contributed by atoms with Crippen molar-refractivity contribution >= 4 is 5.97 Å². The van der Waals surface area contributed by atoms with Crippen molar-refractivity contribution in [1.82, 2.24) is 15.0 Å². The first-order chi connectivity index (χ1) is 15.1. The van der Waals surface area contributed by atoms with Crippen molar-refractivity contribution in [2.75, 3.05) is 19.7 Å². The van der Waals surface area contributed by atoms with Gasteiger partial charge in [-0.05, 0) is 74.8 Å². The summed E-state index contributed by atoms with van der Waals surface area (Å²) in [5, 5.41) is 4.12. The minimum absolute atomic E-state index is 0.182. The highest BCUT2D eigenvalue weighted by Gasteiger charge is 2.43. The number of carbonyl (C=O) groups excluding carboxylic acids is 1. The topological polar surface area (TPSA) is 68.5 Å². The van der Waals surface area contributed by atoms with E-state index in [2.05, 4.69) is 15.0 Å². The molecular weight excluding hydrogens is 397 g/mol. The Bertz CT molecular complexity index is 996. The Morgan fingerprint density at radius 3 is 2.55 bits per heavy atom. The molecule has 0 amide bonds. The third-order valence-corrected chi connectivity index (χ3v) is 5.89. The van der Waals surface area contributed by atoms with Crippen LogP contribution in [0, 0.1) is 11.2 Å². The molecule has 1 fully saturated rings. The van der Waals surface area contributed by atoms with Crippen molar-refractivity contribution in [2.45, 2.75) is 32.7 Å². The first-order valence-electron chi connectivity index (χ1n) is 10.6. The molecule has 0 spiro atoms. The van der Waals surface area contributed by atoms with Gasteiger partial charge in [-0.2, -0.15) is 0 Å². The zero-order valence-corrected chi connectivity index (χ0v) is 17.6. The fourth-order valence-electron chi connectivity index (χ4n) is 4.11. The van der Waals surface area contributed by atoms with Crippen LogP contribution in [0.1, 0.15) is 31.1 Å². The number of esters is 1. The van der Waals surface area contributed by atoms with Crippen molar-refractivity contribution in [3.05, 3.63) is 72.0 Å². The van der Waals surface area contributed by atoms with Crippen LogP contribution in [0.25, 0.3) is 11.3 Å². The predicted octanol–water partition coefficient (Wildman–Crippen LogP) is 4.26. The van der Waals surface area contributed by atoms with Gasteiger partial charge in [0.25, 0.3) is 0 Å². The summed E-state index contributed by atoms with van der Waals surface area (Å²) in [6, 6.07) is 12.0. The standard InChI is InChI=1S/C24H26FN3O3/c1-2-30-23(29)24(9-13-28(14-10-24)17-18-7-11-26-12-8-18)16-21-15-22(27-31-21)19-3-5-20(25)6-4-19/h3-8,11-12,15H,2,9-10,13-14,16-17H2,1H3. The summed E-state index contributed by atoms with van der Waals surface area (Å²) in [7, 11) is 0. The Kier molecular flexibility index (Phi) is 6.42. The number of nitrogens with zero attached hydrogens (tertiary/aromatic N) is 3. The zero-order chi connectivity index (χ0) is 21.7. The zero-order valence-electron chi connectivity index (χ0n) is 17.6. The molecule has 3 heterocycles. The molecular formula is C24H26FN3O3. The molecule has 0 aliphatic carbocycles. The van der Waals surface area contributed by atoms with E-state index in [1.807, 2.05) is 25.1 Å². The summed E-state index contributed by atoms with van der Waals surface area (Å²) in [6.45, 7) is 4.59. The van der Waals surface area contributed by atoms with E-state index in [4.69, 9.17) is 9.26 Å². The van der Waals surface area contributed by atoms with Gasteiger partial charge in [-0.1, -0.05) is 5.16 Å². The molecule has 31 heavy (non-hydrogen) atoms. The predicted molar refractivity (Wildman–Crippen MR) is 113 cm³/mol. The van der Waals surface area contributed by atoms with Crippen LogP contribution >= 0.6 is 0 Å². The van der Waals surface area contributed by atoms with Gasteiger partial charge >= 0.3 is 5.97 Å². The monoisotopic (exact) mass is 423 g/mol. The van der Waals surface area contributed by atoms with Crippen molar-refractivity contribution in [3.63, 3.8) is 0 Å². The maximum Gasteiger partial charge on any atom is 0.312 e. The minimum atomic E-state index is -0.635. The third-order valence-electron chi connectivity index (χ3n) is 5.89. The van der Waals surface area contributed by atoms with E-state index < -0.39 is 5.41 Å². The molecule has 1 aliphatic heterocycles. The van der Waals surface area contributed by atoms with E-state index >= 15 is 0 Å². The summed E-state index contributed by atoms with van der Waals surface area (Å²) in [5.41, 5.74) is 1.97. The number of pyridine rings is 1. The number of carbonyl (C=O) groups is 1. The summed E-state index contributed by atoms with van der Waals surface area (Å²) in [6.07, 6.45) is 5.39. The SMILES string of the molecule is CCOC(=O)C1(Cc2cc(-c3ccc(F)cc3)no2)CCN(Cc2ccncc2)CC1. The molecule has 2 aromatic heterocycles. The number of piperidine rings is 1. The first kappa shape index (κ1) is 21.2. The van der Waals surface area contributed by atoms with E-state index in [0.717, 1.165) is 25.2 Å². The second-order valence-corrected chi connectivity index (χ2v) is 7.99. The lowest BCUT2D eigenvalue weighted by molar-refractivity contribution is -0.159. The van der Waals surface area contributed by atoms with Crippen LogP contribution in [0.15, 0.2) is 59.4 Å². The summed E-state index contributed by atoms with van der Waals surface area (Å²) in [4.78, 5) is 19.4. The minimum Gasteiger partial charge on any atom is -0.466 e. The van der Waals surface area contributed by atoms with Crippen molar-refractivity contribution in [3.8, 4) is 11.3 Å². The molecule has 0 N–H and O–H groups in total. The molecule has 0 atom stereocenters. The number of benzene rings is 1. The fourth-order valence-corrected chi connectivity index (χ4v) is 4.11. The van der Waals surface area contributed by atoms with Gasteiger partial charge < -0.3 is 9.26 Å². The number of halogens is 1.